The van der Waals surface area contributed by atoms with Crippen molar-refractivity contribution < 1.29 is 19.4 Å². The fourth-order valence-electron chi connectivity index (χ4n) is 4.98. The second-order valence-electron chi connectivity index (χ2n) is 9.68. The molecule has 1 atom stereocenters. The van der Waals surface area contributed by atoms with Crippen LogP contribution in [0.3, 0.4) is 0 Å². The van der Waals surface area contributed by atoms with Crippen molar-refractivity contribution >= 4 is 17.8 Å². The van der Waals surface area contributed by atoms with Crippen LogP contribution in [0.2, 0.25) is 0 Å². The average Bonchev–Trinajstić information content (AvgIpc) is 3.02. The topological polar surface area (TPSA) is 70.1 Å². The fraction of sp³-hybridized carbons (Fsp3) is 0.429. The lowest BCUT2D eigenvalue weighted by Gasteiger charge is -2.27. The van der Waals surface area contributed by atoms with Gasteiger partial charge in [-0.15, -0.1) is 0 Å². The number of fused-ring (bicyclic) bond motifs is 1. The molecular weight excluding hydrogens is 428 g/mol. The molecule has 0 saturated carbocycles. The molecule has 0 bridgehead atoms. The summed E-state index contributed by atoms with van der Waals surface area (Å²) in [6.45, 7) is 6.90. The number of ether oxygens (including phenoxy) is 1. The van der Waals surface area contributed by atoms with Crippen LogP contribution in [-0.4, -0.2) is 53.3 Å². The molecule has 4 rings (SSSR count). The van der Waals surface area contributed by atoms with Crippen molar-refractivity contribution in [2.45, 2.75) is 45.6 Å². The van der Waals surface area contributed by atoms with Crippen molar-refractivity contribution in [3.8, 4) is 0 Å². The van der Waals surface area contributed by atoms with E-state index in [1.165, 1.54) is 22.3 Å². The van der Waals surface area contributed by atoms with Crippen molar-refractivity contribution in [3.05, 3.63) is 76.9 Å². The standard InChI is InChI=1S/C28H34N2O4/c1-20(2)16-25-18-30(27(31)32)15-12-24-17-23(8-9-26(24)25)22-10-13-29(14-11-22)28(33)34-19-21-6-4-3-5-7-21/h3-10,17,20,25H,11-16,18-19H2,1-2H3,(H,31,32). The predicted molar refractivity (Wildman–Crippen MR) is 133 cm³/mol. The minimum absolute atomic E-state index is 0.220. The van der Waals surface area contributed by atoms with Gasteiger partial charge >= 0.3 is 12.2 Å². The van der Waals surface area contributed by atoms with Crippen LogP contribution in [0.1, 0.15) is 54.9 Å². The normalized spacial score (nSPS) is 18.2. The molecule has 0 aromatic heterocycles. The third-order valence-corrected chi connectivity index (χ3v) is 6.74. The second kappa shape index (κ2) is 10.8. The first kappa shape index (κ1) is 23.9. The van der Waals surface area contributed by atoms with E-state index in [-0.39, 0.29) is 18.6 Å². The maximum atomic E-state index is 12.5. The zero-order valence-electron chi connectivity index (χ0n) is 20.1. The van der Waals surface area contributed by atoms with Gasteiger partial charge in [0, 0.05) is 32.1 Å². The number of nitrogens with zero attached hydrogens (tertiary/aromatic N) is 2. The van der Waals surface area contributed by atoms with Gasteiger partial charge in [-0.2, -0.15) is 0 Å². The van der Waals surface area contributed by atoms with Crippen LogP contribution in [0.4, 0.5) is 9.59 Å². The number of hydrogen-bond acceptors (Lipinski definition) is 3. The van der Waals surface area contributed by atoms with Gasteiger partial charge in [0.25, 0.3) is 0 Å². The predicted octanol–water partition coefficient (Wildman–Crippen LogP) is 5.78. The van der Waals surface area contributed by atoms with Crippen LogP contribution >= 0.6 is 0 Å². The Balaban J connectivity index is 1.44. The van der Waals surface area contributed by atoms with Crippen LogP contribution in [0.25, 0.3) is 5.57 Å². The average molecular weight is 463 g/mol. The monoisotopic (exact) mass is 462 g/mol. The molecule has 180 valence electrons. The maximum Gasteiger partial charge on any atom is 0.410 e. The minimum atomic E-state index is -0.837. The third-order valence-electron chi connectivity index (χ3n) is 6.74. The Morgan fingerprint density at radius 1 is 1.06 bits per heavy atom. The van der Waals surface area contributed by atoms with Crippen molar-refractivity contribution in [2.24, 2.45) is 5.92 Å². The smallest absolute Gasteiger partial charge is 0.410 e. The lowest BCUT2D eigenvalue weighted by atomic mass is 9.85. The van der Waals surface area contributed by atoms with Crippen LogP contribution in [-0.2, 0) is 17.8 Å². The minimum Gasteiger partial charge on any atom is -0.465 e. The molecule has 6 heteroatoms. The molecule has 2 aliphatic heterocycles. The number of benzene rings is 2. The Hall–Kier alpha value is -3.28. The molecule has 1 N–H and O–H groups in total. The van der Waals surface area contributed by atoms with E-state index < -0.39 is 6.09 Å². The summed E-state index contributed by atoms with van der Waals surface area (Å²) in [7, 11) is 0. The molecule has 6 nitrogen and oxygen atoms in total. The lowest BCUT2D eigenvalue weighted by Crippen LogP contribution is -2.35. The van der Waals surface area contributed by atoms with Crippen LogP contribution in [0.5, 0.6) is 0 Å². The first-order valence-electron chi connectivity index (χ1n) is 12.2. The van der Waals surface area contributed by atoms with Crippen molar-refractivity contribution in [3.63, 3.8) is 0 Å². The van der Waals surface area contributed by atoms with E-state index in [2.05, 4.69) is 38.1 Å². The summed E-state index contributed by atoms with van der Waals surface area (Å²) >= 11 is 0. The van der Waals surface area contributed by atoms with E-state index in [4.69, 9.17) is 4.74 Å². The van der Waals surface area contributed by atoms with Crippen molar-refractivity contribution in [1.29, 1.82) is 0 Å². The fourth-order valence-corrected chi connectivity index (χ4v) is 4.98. The number of rotatable bonds is 5. The molecule has 0 radical (unpaired) electrons. The summed E-state index contributed by atoms with van der Waals surface area (Å²) in [5.41, 5.74) is 5.91. The van der Waals surface area contributed by atoms with Gasteiger partial charge in [0.1, 0.15) is 6.61 Å². The zero-order chi connectivity index (χ0) is 24.1. The van der Waals surface area contributed by atoms with E-state index >= 15 is 0 Å². The largest absolute Gasteiger partial charge is 0.465 e. The Labute approximate surface area is 201 Å². The highest BCUT2D eigenvalue weighted by atomic mass is 16.6. The summed E-state index contributed by atoms with van der Waals surface area (Å²) < 4.78 is 5.47. The Kier molecular flexibility index (Phi) is 7.56. The van der Waals surface area contributed by atoms with Crippen LogP contribution < -0.4 is 0 Å². The Morgan fingerprint density at radius 3 is 2.50 bits per heavy atom. The molecule has 0 saturated heterocycles. The van der Waals surface area contributed by atoms with Gasteiger partial charge < -0.3 is 19.6 Å². The number of carbonyl (C=O) groups excluding carboxylic acids is 1. The summed E-state index contributed by atoms with van der Waals surface area (Å²) in [6, 6.07) is 16.3. The molecule has 0 spiro atoms. The first-order chi connectivity index (χ1) is 16.4. The molecule has 2 aromatic carbocycles. The van der Waals surface area contributed by atoms with E-state index in [9.17, 15) is 14.7 Å². The maximum absolute atomic E-state index is 12.5. The second-order valence-corrected chi connectivity index (χ2v) is 9.68. The molecular formula is C28H34N2O4. The van der Waals surface area contributed by atoms with Crippen molar-refractivity contribution in [1.82, 2.24) is 9.80 Å². The number of carboxylic acid groups (broad SMARTS) is 1. The SMILES string of the molecule is CC(C)CC1CN(C(=O)O)CCc2cc(C3=CCN(C(=O)OCc4ccccc4)CC3)ccc21. The summed E-state index contributed by atoms with van der Waals surface area (Å²) in [6.07, 6.45) is 3.47. The highest BCUT2D eigenvalue weighted by Crippen LogP contribution is 2.33. The van der Waals surface area contributed by atoms with Gasteiger partial charge in [0.15, 0.2) is 0 Å². The van der Waals surface area contributed by atoms with E-state index in [1.807, 2.05) is 30.3 Å². The molecule has 2 amide bonds. The summed E-state index contributed by atoms with van der Waals surface area (Å²) in [5.74, 6) is 0.720. The molecule has 2 heterocycles. The van der Waals surface area contributed by atoms with Gasteiger partial charge in [0.05, 0.1) is 0 Å². The molecule has 34 heavy (non-hydrogen) atoms. The molecule has 0 aliphatic carbocycles. The number of hydrogen-bond donors (Lipinski definition) is 1. The summed E-state index contributed by atoms with van der Waals surface area (Å²) in [4.78, 5) is 27.5. The number of amides is 2. The van der Waals surface area contributed by atoms with Gasteiger partial charge in [-0.1, -0.05) is 68.5 Å². The molecule has 2 aromatic rings. The van der Waals surface area contributed by atoms with Crippen LogP contribution in [0.15, 0.2) is 54.6 Å². The first-order valence-corrected chi connectivity index (χ1v) is 12.2. The summed E-state index contributed by atoms with van der Waals surface area (Å²) in [5, 5.41) is 9.60. The quantitative estimate of drug-likeness (QED) is 0.612. The van der Waals surface area contributed by atoms with E-state index in [0.29, 0.717) is 32.1 Å². The van der Waals surface area contributed by atoms with Crippen LogP contribution in [0, 0.1) is 5.92 Å². The number of carbonyl (C=O) groups is 2. The van der Waals surface area contributed by atoms with Gasteiger partial charge in [-0.3, -0.25) is 0 Å². The zero-order valence-corrected chi connectivity index (χ0v) is 20.1. The van der Waals surface area contributed by atoms with Gasteiger partial charge in [0.2, 0.25) is 0 Å². The lowest BCUT2D eigenvalue weighted by molar-refractivity contribution is 0.0998. The van der Waals surface area contributed by atoms with Gasteiger partial charge in [-0.25, -0.2) is 9.59 Å². The van der Waals surface area contributed by atoms with Crippen molar-refractivity contribution in [2.75, 3.05) is 26.2 Å². The van der Waals surface area contributed by atoms with E-state index in [1.54, 1.807) is 9.80 Å². The van der Waals surface area contributed by atoms with Gasteiger partial charge in [-0.05, 0) is 53.0 Å². The molecule has 0 fully saturated rings. The highest BCUT2D eigenvalue weighted by Gasteiger charge is 2.27. The third kappa shape index (κ3) is 5.79. The highest BCUT2D eigenvalue weighted by molar-refractivity contribution is 5.73. The molecule has 1 unspecified atom stereocenters. The molecule has 2 aliphatic rings. The van der Waals surface area contributed by atoms with E-state index in [0.717, 1.165) is 24.8 Å². The Morgan fingerprint density at radius 2 is 1.82 bits per heavy atom. The Bertz CT molecular complexity index is 1050.